The van der Waals surface area contributed by atoms with Gasteiger partial charge >= 0.3 is 5.97 Å². The lowest BCUT2D eigenvalue weighted by Crippen LogP contribution is -2.36. The van der Waals surface area contributed by atoms with Crippen LogP contribution in [-0.2, 0) is 22.4 Å². The highest BCUT2D eigenvalue weighted by Gasteiger charge is 2.38. The minimum Gasteiger partial charge on any atom is -0.481 e. The molecule has 2 aliphatic rings. The first-order chi connectivity index (χ1) is 12.8. The van der Waals surface area contributed by atoms with Gasteiger partial charge in [-0.15, -0.1) is 11.3 Å². The van der Waals surface area contributed by atoms with Crippen LogP contribution in [0.5, 0.6) is 0 Å². The summed E-state index contributed by atoms with van der Waals surface area (Å²) in [5.74, 6) is -3.22. The Morgan fingerprint density at radius 2 is 1.67 bits per heavy atom. The normalized spacial score (nSPS) is 22.7. The SMILES string of the molecule is CC1=C(C)C[C@@H](C(=O)Nc2sc3c(c2C(N)=O)CCCCC3)[C@@H](C(=O)O)C1. The van der Waals surface area contributed by atoms with Gasteiger partial charge in [-0.2, -0.15) is 0 Å². The number of hydrogen-bond acceptors (Lipinski definition) is 4. The van der Waals surface area contributed by atoms with Crippen LogP contribution in [-0.4, -0.2) is 22.9 Å². The van der Waals surface area contributed by atoms with Crippen LogP contribution in [0, 0.1) is 11.8 Å². The van der Waals surface area contributed by atoms with Crippen molar-refractivity contribution in [1.82, 2.24) is 0 Å². The van der Waals surface area contributed by atoms with Gasteiger partial charge in [-0.25, -0.2) is 0 Å². The number of anilines is 1. The molecule has 0 unspecified atom stereocenters. The number of carbonyl (C=O) groups is 3. The molecule has 0 aliphatic heterocycles. The monoisotopic (exact) mass is 390 g/mol. The third-order valence-corrected chi connectivity index (χ3v) is 7.03. The van der Waals surface area contributed by atoms with E-state index in [2.05, 4.69) is 5.32 Å². The van der Waals surface area contributed by atoms with Crippen molar-refractivity contribution >= 4 is 34.1 Å². The number of allylic oxidation sites excluding steroid dienone is 2. The van der Waals surface area contributed by atoms with E-state index in [-0.39, 0.29) is 5.91 Å². The van der Waals surface area contributed by atoms with E-state index in [0.29, 0.717) is 23.4 Å². The Balaban J connectivity index is 1.89. The predicted molar refractivity (Wildman–Crippen MR) is 105 cm³/mol. The van der Waals surface area contributed by atoms with Crippen LogP contribution in [0.3, 0.4) is 0 Å². The van der Waals surface area contributed by atoms with Crippen LogP contribution in [0.25, 0.3) is 0 Å². The van der Waals surface area contributed by atoms with Gasteiger partial charge in [0.2, 0.25) is 5.91 Å². The number of carbonyl (C=O) groups excluding carboxylic acids is 2. The maximum absolute atomic E-state index is 12.9. The zero-order valence-electron chi connectivity index (χ0n) is 15.8. The Morgan fingerprint density at radius 1 is 1.04 bits per heavy atom. The van der Waals surface area contributed by atoms with Crippen molar-refractivity contribution in [3.05, 3.63) is 27.2 Å². The quantitative estimate of drug-likeness (QED) is 0.540. The topological polar surface area (TPSA) is 109 Å². The lowest BCUT2D eigenvalue weighted by atomic mass is 9.76. The highest BCUT2D eigenvalue weighted by atomic mass is 32.1. The molecule has 2 atom stereocenters. The molecule has 0 saturated carbocycles. The minimum atomic E-state index is -0.959. The van der Waals surface area contributed by atoms with E-state index < -0.39 is 23.7 Å². The molecule has 0 aromatic carbocycles. The first-order valence-electron chi connectivity index (χ1n) is 9.42. The predicted octanol–water partition coefficient (Wildman–Crippen LogP) is 3.50. The second-order valence-corrected chi connectivity index (χ2v) is 8.75. The van der Waals surface area contributed by atoms with Crippen molar-refractivity contribution < 1.29 is 19.5 Å². The number of carboxylic acids is 1. The van der Waals surface area contributed by atoms with E-state index >= 15 is 0 Å². The number of carboxylic acid groups (broad SMARTS) is 1. The second-order valence-electron chi connectivity index (χ2n) is 7.64. The summed E-state index contributed by atoms with van der Waals surface area (Å²) >= 11 is 1.41. The van der Waals surface area contributed by atoms with Crippen LogP contribution in [0.1, 0.15) is 66.8 Å². The van der Waals surface area contributed by atoms with Crippen molar-refractivity contribution in [3.63, 3.8) is 0 Å². The highest BCUT2D eigenvalue weighted by Crippen LogP contribution is 2.39. The Morgan fingerprint density at radius 3 is 2.30 bits per heavy atom. The van der Waals surface area contributed by atoms with Crippen LogP contribution in [0.2, 0.25) is 0 Å². The number of nitrogens with one attached hydrogen (secondary N) is 1. The number of amides is 2. The molecule has 0 bridgehead atoms. The number of rotatable bonds is 4. The Bertz CT molecular complexity index is 824. The number of primary amides is 1. The number of thiophene rings is 1. The van der Waals surface area contributed by atoms with E-state index in [1.807, 2.05) is 13.8 Å². The van der Waals surface area contributed by atoms with Gasteiger partial charge in [-0.05, 0) is 57.9 Å². The van der Waals surface area contributed by atoms with Crippen molar-refractivity contribution in [2.75, 3.05) is 5.32 Å². The molecule has 6 nitrogen and oxygen atoms in total. The van der Waals surface area contributed by atoms with Crippen LogP contribution in [0.4, 0.5) is 5.00 Å². The van der Waals surface area contributed by atoms with E-state index in [4.69, 9.17) is 5.73 Å². The number of aliphatic carboxylic acids is 1. The smallest absolute Gasteiger partial charge is 0.307 e. The van der Waals surface area contributed by atoms with Crippen molar-refractivity contribution in [1.29, 1.82) is 0 Å². The number of aryl methyl sites for hydroxylation is 1. The minimum absolute atomic E-state index is 0.340. The maximum atomic E-state index is 12.9. The second kappa shape index (κ2) is 7.84. The van der Waals surface area contributed by atoms with Gasteiger partial charge in [0.25, 0.3) is 5.91 Å². The molecule has 7 heteroatoms. The lowest BCUT2D eigenvalue weighted by Gasteiger charge is -2.29. The van der Waals surface area contributed by atoms with E-state index in [1.165, 1.54) is 11.3 Å². The molecule has 3 rings (SSSR count). The number of fused-ring (bicyclic) bond motifs is 1. The fourth-order valence-corrected chi connectivity index (χ4v) is 5.42. The molecular formula is C20H26N2O4S. The van der Waals surface area contributed by atoms with E-state index in [1.54, 1.807) is 0 Å². The zero-order chi connectivity index (χ0) is 19.7. The summed E-state index contributed by atoms with van der Waals surface area (Å²) in [6.07, 6.45) is 5.67. The molecule has 0 spiro atoms. The largest absolute Gasteiger partial charge is 0.481 e. The molecule has 1 aromatic rings. The van der Waals surface area contributed by atoms with Gasteiger partial charge in [-0.3, -0.25) is 14.4 Å². The average Bonchev–Trinajstić information content (AvgIpc) is 2.77. The molecule has 1 aromatic heterocycles. The summed E-state index contributed by atoms with van der Waals surface area (Å²) in [7, 11) is 0. The van der Waals surface area contributed by atoms with Gasteiger partial charge in [0.15, 0.2) is 0 Å². The van der Waals surface area contributed by atoms with Crippen LogP contribution < -0.4 is 11.1 Å². The fourth-order valence-electron chi connectivity index (χ4n) is 4.12. The molecule has 0 radical (unpaired) electrons. The van der Waals surface area contributed by atoms with Crippen molar-refractivity contribution in [2.24, 2.45) is 17.6 Å². The number of nitrogens with two attached hydrogens (primary N) is 1. The molecule has 2 aliphatic carbocycles. The fraction of sp³-hybridized carbons (Fsp3) is 0.550. The molecule has 4 N–H and O–H groups in total. The molecule has 1 heterocycles. The van der Waals surface area contributed by atoms with Gasteiger partial charge in [0.1, 0.15) is 5.00 Å². The first-order valence-corrected chi connectivity index (χ1v) is 10.2. The summed E-state index contributed by atoms with van der Waals surface area (Å²) in [4.78, 5) is 37.8. The third kappa shape index (κ3) is 3.93. The molecular weight excluding hydrogens is 364 g/mol. The van der Waals surface area contributed by atoms with Crippen LogP contribution in [0.15, 0.2) is 11.1 Å². The molecule has 2 amide bonds. The Labute approximate surface area is 162 Å². The molecule has 0 saturated heterocycles. The molecule has 146 valence electrons. The summed E-state index contributed by atoms with van der Waals surface area (Å²) in [6.45, 7) is 3.86. The summed E-state index contributed by atoms with van der Waals surface area (Å²) in [5, 5.41) is 12.9. The van der Waals surface area contributed by atoms with Crippen molar-refractivity contribution in [2.45, 2.75) is 58.8 Å². The average molecular weight is 391 g/mol. The number of hydrogen-bond donors (Lipinski definition) is 3. The summed E-state index contributed by atoms with van der Waals surface area (Å²) < 4.78 is 0. The van der Waals surface area contributed by atoms with E-state index in [0.717, 1.165) is 53.7 Å². The Hall–Kier alpha value is -2.15. The van der Waals surface area contributed by atoms with Gasteiger partial charge < -0.3 is 16.2 Å². The van der Waals surface area contributed by atoms with E-state index in [9.17, 15) is 19.5 Å². The molecule has 0 fully saturated rings. The maximum Gasteiger partial charge on any atom is 0.307 e. The highest BCUT2D eigenvalue weighted by molar-refractivity contribution is 7.17. The summed E-state index contributed by atoms with van der Waals surface area (Å²) in [6, 6.07) is 0. The summed E-state index contributed by atoms with van der Waals surface area (Å²) in [5.41, 5.74) is 9.09. The van der Waals surface area contributed by atoms with Gasteiger partial charge in [0.05, 0.1) is 17.4 Å². The van der Waals surface area contributed by atoms with Crippen molar-refractivity contribution in [3.8, 4) is 0 Å². The van der Waals surface area contributed by atoms with Crippen LogP contribution >= 0.6 is 11.3 Å². The standard InChI is InChI=1S/C20H26N2O4S/c1-10-8-13(14(20(25)26)9-11(10)2)18(24)22-19-16(17(21)23)12-6-4-3-5-7-15(12)27-19/h13-14H,3-9H2,1-2H3,(H2,21,23)(H,22,24)(H,25,26)/t13-,14+/m1/s1. The van der Waals surface area contributed by atoms with Gasteiger partial charge in [-0.1, -0.05) is 17.6 Å². The molecule has 27 heavy (non-hydrogen) atoms. The van der Waals surface area contributed by atoms with Gasteiger partial charge in [0, 0.05) is 4.88 Å². The lowest BCUT2D eigenvalue weighted by molar-refractivity contribution is -0.146. The Kier molecular flexibility index (Phi) is 5.69. The first kappa shape index (κ1) is 19.6. The third-order valence-electron chi connectivity index (χ3n) is 5.82. The zero-order valence-corrected chi connectivity index (χ0v) is 16.6.